The summed E-state index contributed by atoms with van der Waals surface area (Å²) in [7, 11) is 0. The first kappa shape index (κ1) is 13.2. The van der Waals surface area contributed by atoms with Crippen molar-refractivity contribution in [2.45, 2.75) is 26.3 Å². The number of carbonyl (C=O) groups is 2. The van der Waals surface area contributed by atoms with Crippen molar-refractivity contribution in [2.24, 2.45) is 5.92 Å². The van der Waals surface area contributed by atoms with Gasteiger partial charge in [0.25, 0.3) is 0 Å². The molecule has 0 saturated heterocycles. The number of hydrogen-bond acceptors (Lipinski definition) is 3. The quantitative estimate of drug-likeness (QED) is 0.777. The maximum absolute atomic E-state index is 11.7. The number of nitrogens with one attached hydrogen (secondary N) is 1. The van der Waals surface area contributed by atoms with Crippen LogP contribution in [0.1, 0.15) is 25.3 Å². The van der Waals surface area contributed by atoms with Crippen LogP contribution in [0.15, 0.2) is 24.5 Å². The summed E-state index contributed by atoms with van der Waals surface area (Å²) >= 11 is 0. The van der Waals surface area contributed by atoms with Crippen LogP contribution in [0.4, 0.5) is 0 Å². The minimum Gasteiger partial charge on any atom is -0.481 e. The fourth-order valence-electron chi connectivity index (χ4n) is 1.47. The summed E-state index contributed by atoms with van der Waals surface area (Å²) in [5.41, 5.74) is 0.894. The molecule has 1 aromatic heterocycles. The van der Waals surface area contributed by atoms with E-state index in [-0.39, 0.29) is 12.3 Å². The summed E-state index contributed by atoms with van der Waals surface area (Å²) in [5, 5.41) is 11.4. The first-order valence-electron chi connectivity index (χ1n) is 5.52. The molecular weight excluding hydrogens is 220 g/mol. The molecule has 0 aromatic carbocycles. The van der Waals surface area contributed by atoms with Gasteiger partial charge in [-0.05, 0) is 18.1 Å². The zero-order chi connectivity index (χ0) is 12.7. The van der Waals surface area contributed by atoms with Crippen molar-refractivity contribution in [3.63, 3.8) is 0 Å². The fourth-order valence-corrected chi connectivity index (χ4v) is 1.47. The van der Waals surface area contributed by atoms with Crippen LogP contribution in [0.3, 0.4) is 0 Å². The van der Waals surface area contributed by atoms with Gasteiger partial charge in [-0.2, -0.15) is 0 Å². The summed E-state index contributed by atoms with van der Waals surface area (Å²) in [5.74, 6) is -1.64. The summed E-state index contributed by atoms with van der Waals surface area (Å²) in [6, 6.07) is 3.64. The van der Waals surface area contributed by atoms with Crippen molar-refractivity contribution in [2.75, 3.05) is 0 Å². The van der Waals surface area contributed by atoms with E-state index in [9.17, 15) is 9.59 Å². The van der Waals surface area contributed by atoms with Crippen molar-refractivity contribution in [1.29, 1.82) is 0 Å². The average Bonchev–Trinajstić information content (AvgIpc) is 2.34. The van der Waals surface area contributed by atoms with Crippen LogP contribution >= 0.6 is 0 Å². The highest BCUT2D eigenvalue weighted by molar-refractivity contribution is 5.83. The summed E-state index contributed by atoms with van der Waals surface area (Å²) in [4.78, 5) is 26.2. The number of aromatic nitrogens is 1. The Hall–Kier alpha value is -1.91. The highest BCUT2D eigenvalue weighted by atomic mass is 16.4. The van der Waals surface area contributed by atoms with Gasteiger partial charge in [0, 0.05) is 24.9 Å². The molecule has 92 valence electrons. The Bertz CT molecular complexity index is 379. The van der Waals surface area contributed by atoms with E-state index >= 15 is 0 Å². The number of rotatable bonds is 6. The highest BCUT2D eigenvalue weighted by Crippen LogP contribution is 2.08. The van der Waals surface area contributed by atoms with E-state index < -0.39 is 11.9 Å². The lowest BCUT2D eigenvalue weighted by Crippen LogP contribution is -2.31. The van der Waals surface area contributed by atoms with Crippen molar-refractivity contribution in [3.8, 4) is 0 Å². The van der Waals surface area contributed by atoms with Crippen LogP contribution < -0.4 is 5.32 Å². The van der Waals surface area contributed by atoms with Gasteiger partial charge in [0.05, 0.1) is 6.42 Å². The van der Waals surface area contributed by atoms with Crippen molar-refractivity contribution in [1.82, 2.24) is 10.3 Å². The normalized spacial score (nSPS) is 11.8. The number of hydrogen-bond donors (Lipinski definition) is 2. The van der Waals surface area contributed by atoms with Crippen LogP contribution in [0.5, 0.6) is 0 Å². The van der Waals surface area contributed by atoms with E-state index in [1.165, 1.54) is 0 Å². The maximum atomic E-state index is 11.7. The molecule has 0 saturated carbocycles. The Morgan fingerprint density at radius 3 is 2.82 bits per heavy atom. The van der Waals surface area contributed by atoms with Crippen LogP contribution in [-0.2, 0) is 16.1 Å². The predicted octanol–water partition coefficient (Wildman–Crippen LogP) is 1.20. The van der Waals surface area contributed by atoms with Gasteiger partial charge < -0.3 is 10.4 Å². The molecule has 0 aliphatic carbocycles. The first-order chi connectivity index (χ1) is 8.13. The lowest BCUT2D eigenvalue weighted by Gasteiger charge is -2.12. The standard InChI is InChI=1S/C12H16N2O3/c1-2-10(6-11(15)16)12(17)14-8-9-4-3-5-13-7-9/h3-5,7,10H,2,6,8H2,1H3,(H,14,17)(H,15,16). The molecule has 0 radical (unpaired) electrons. The Balaban J connectivity index is 2.45. The topological polar surface area (TPSA) is 79.3 Å². The van der Waals surface area contributed by atoms with Gasteiger partial charge in [0.1, 0.15) is 0 Å². The molecule has 0 bridgehead atoms. The molecule has 1 rings (SSSR count). The monoisotopic (exact) mass is 236 g/mol. The van der Waals surface area contributed by atoms with Crippen LogP contribution in [0.25, 0.3) is 0 Å². The number of aliphatic carboxylic acids is 1. The molecule has 5 nitrogen and oxygen atoms in total. The molecule has 2 N–H and O–H groups in total. The number of carboxylic acid groups (broad SMARTS) is 1. The Morgan fingerprint density at radius 2 is 2.29 bits per heavy atom. The molecule has 17 heavy (non-hydrogen) atoms. The number of nitrogens with zero attached hydrogens (tertiary/aromatic N) is 1. The van der Waals surface area contributed by atoms with Crippen LogP contribution in [-0.4, -0.2) is 22.0 Å². The van der Waals surface area contributed by atoms with E-state index in [1.54, 1.807) is 25.4 Å². The summed E-state index contributed by atoms with van der Waals surface area (Å²) in [6.07, 6.45) is 3.71. The van der Waals surface area contributed by atoms with Gasteiger partial charge in [0.2, 0.25) is 5.91 Å². The number of pyridine rings is 1. The second-order valence-corrected chi connectivity index (χ2v) is 3.78. The van der Waals surface area contributed by atoms with Gasteiger partial charge >= 0.3 is 5.97 Å². The van der Waals surface area contributed by atoms with Gasteiger partial charge in [-0.1, -0.05) is 13.0 Å². The van der Waals surface area contributed by atoms with Crippen molar-refractivity contribution >= 4 is 11.9 Å². The second kappa shape index (κ2) is 6.62. The zero-order valence-electron chi connectivity index (χ0n) is 9.72. The van der Waals surface area contributed by atoms with Crippen LogP contribution in [0.2, 0.25) is 0 Å². The van der Waals surface area contributed by atoms with E-state index in [4.69, 9.17) is 5.11 Å². The smallest absolute Gasteiger partial charge is 0.304 e. The van der Waals surface area contributed by atoms with Gasteiger partial charge in [-0.3, -0.25) is 14.6 Å². The fraction of sp³-hybridized carbons (Fsp3) is 0.417. The predicted molar refractivity (Wildman–Crippen MR) is 62.1 cm³/mol. The van der Waals surface area contributed by atoms with E-state index in [0.29, 0.717) is 13.0 Å². The third-order valence-corrected chi connectivity index (χ3v) is 2.47. The molecule has 0 fully saturated rings. The third-order valence-electron chi connectivity index (χ3n) is 2.47. The lowest BCUT2D eigenvalue weighted by atomic mass is 10.0. The second-order valence-electron chi connectivity index (χ2n) is 3.78. The lowest BCUT2D eigenvalue weighted by molar-refractivity contribution is -0.141. The minimum absolute atomic E-state index is 0.130. The molecule has 0 spiro atoms. The average molecular weight is 236 g/mol. The van der Waals surface area contributed by atoms with E-state index in [0.717, 1.165) is 5.56 Å². The van der Waals surface area contributed by atoms with Gasteiger partial charge in [-0.25, -0.2) is 0 Å². The van der Waals surface area contributed by atoms with Crippen LogP contribution in [0, 0.1) is 5.92 Å². The molecule has 0 aliphatic rings. The summed E-state index contributed by atoms with van der Waals surface area (Å²) < 4.78 is 0. The molecular formula is C12H16N2O3. The van der Waals surface area contributed by atoms with Crippen molar-refractivity contribution in [3.05, 3.63) is 30.1 Å². The maximum Gasteiger partial charge on any atom is 0.304 e. The number of carboxylic acids is 1. The molecule has 0 aliphatic heterocycles. The summed E-state index contributed by atoms with van der Waals surface area (Å²) in [6.45, 7) is 2.18. The largest absolute Gasteiger partial charge is 0.481 e. The van der Waals surface area contributed by atoms with E-state index in [1.807, 2.05) is 6.07 Å². The number of amides is 1. The molecule has 1 atom stereocenters. The Kier molecular flexibility index (Phi) is 5.13. The minimum atomic E-state index is -0.951. The Labute approximate surface area is 99.9 Å². The first-order valence-corrected chi connectivity index (χ1v) is 5.52. The molecule has 1 amide bonds. The third kappa shape index (κ3) is 4.63. The van der Waals surface area contributed by atoms with E-state index in [2.05, 4.69) is 10.3 Å². The SMILES string of the molecule is CCC(CC(=O)O)C(=O)NCc1cccnc1. The van der Waals surface area contributed by atoms with Crippen molar-refractivity contribution < 1.29 is 14.7 Å². The molecule has 1 heterocycles. The van der Waals surface area contributed by atoms with Gasteiger partial charge in [-0.15, -0.1) is 0 Å². The molecule has 5 heteroatoms. The molecule has 1 unspecified atom stereocenters. The zero-order valence-corrected chi connectivity index (χ0v) is 9.72. The number of carbonyl (C=O) groups excluding carboxylic acids is 1. The molecule has 1 aromatic rings. The highest BCUT2D eigenvalue weighted by Gasteiger charge is 2.19. The Morgan fingerprint density at radius 1 is 1.53 bits per heavy atom. The van der Waals surface area contributed by atoms with Gasteiger partial charge in [0.15, 0.2) is 0 Å².